The van der Waals surface area contributed by atoms with E-state index < -0.39 is 0 Å². The summed E-state index contributed by atoms with van der Waals surface area (Å²) in [5, 5.41) is 6.91. The maximum Gasteiger partial charge on any atom is 0.141 e. The van der Waals surface area contributed by atoms with Crippen LogP contribution >= 0.6 is 0 Å². The van der Waals surface area contributed by atoms with E-state index in [0.29, 0.717) is 0 Å². The molecule has 2 N–H and O–H groups in total. The minimum absolute atomic E-state index is 0.142. The summed E-state index contributed by atoms with van der Waals surface area (Å²) in [7, 11) is 1.71. The lowest BCUT2D eigenvalue weighted by molar-refractivity contribution is 0.114. The highest BCUT2D eigenvalue weighted by atomic mass is 16.5. The molecule has 106 valence electrons. The third-order valence-corrected chi connectivity index (χ3v) is 3.79. The van der Waals surface area contributed by atoms with Gasteiger partial charge in [0.15, 0.2) is 0 Å². The molecule has 1 saturated heterocycles. The number of nitrogens with zero attached hydrogens (tertiary/aromatic N) is 1. The number of nitrogens with one attached hydrogen (secondary N) is 2. The number of para-hydroxylation sites is 2. The van der Waals surface area contributed by atoms with Crippen LogP contribution in [-0.4, -0.2) is 50.3 Å². The van der Waals surface area contributed by atoms with E-state index in [1.807, 2.05) is 18.2 Å². The van der Waals surface area contributed by atoms with Gasteiger partial charge in [-0.1, -0.05) is 12.1 Å². The van der Waals surface area contributed by atoms with E-state index in [9.17, 15) is 0 Å². The molecule has 0 unspecified atom stereocenters. The smallest absolute Gasteiger partial charge is 0.141 e. The van der Waals surface area contributed by atoms with Gasteiger partial charge in [0.2, 0.25) is 0 Å². The summed E-state index contributed by atoms with van der Waals surface area (Å²) < 4.78 is 5.37. The van der Waals surface area contributed by atoms with Crippen LogP contribution in [-0.2, 0) is 0 Å². The second kappa shape index (κ2) is 6.26. The SMILES string of the molecule is COc1ccccc1NCC(C)(C)N1CCNCC1. The maximum absolute atomic E-state index is 5.37. The van der Waals surface area contributed by atoms with Crippen molar-refractivity contribution in [3.8, 4) is 5.75 Å². The molecule has 0 saturated carbocycles. The Balaban J connectivity index is 1.96. The van der Waals surface area contributed by atoms with Crippen LogP contribution in [0.15, 0.2) is 24.3 Å². The number of hydrogen-bond donors (Lipinski definition) is 2. The van der Waals surface area contributed by atoms with E-state index in [0.717, 1.165) is 44.2 Å². The van der Waals surface area contributed by atoms with Gasteiger partial charge in [0.1, 0.15) is 5.75 Å². The molecule has 19 heavy (non-hydrogen) atoms. The standard InChI is InChI=1S/C15H25N3O/c1-15(2,18-10-8-16-9-11-18)12-17-13-6-4-5-7-14(13)19-3/h4-7,16-17H,8-12H2,1-3H3. The van der Waals surface area contributed by atoms with Crippen molar-refractivity contribution in [3.63, 3.8) is 0 Å². The Bertz CT molecular complexity index is 400. The Morgan fingerprint density at radius 3 is 2.63 bits per heavy atom. The van der Waals surface area contributed by atoms with Gasteiger partial charge in [-0.25, -0.2) is 0 Å². The van der Waals surface area contributed by atoms with Gasteiger partial charge >= 0.3 is 0 Å². The first-order chi connectivity index (χ1) is 9.13. The summed E-state index contributed by atoms with van der Waals surface area (Å²) in [6, 6.07) is 8.07. The van der Waals surface area contributed by atoms with Crippen LogP contribution in [0.2, 0.25) is 0 Å². The van der Waals surface area contributed by atoms with E-state index in [-0.39, 0.29) is 5.54 Å². The lowest BCUT2D eigenvalue weighted by atomic mass is 10.0. The molecule has 1 aliphatic heterocycles. The van der Waals surface area contributed by atoms with E-state index in [4.69, 9.17) is 4.74 Å². The topological polar surface area (TPSA) is 36.5 Å². The average molecular weight is 263 g/mol. The predicted molar refractivity (Wildman–Crippen MR) is 80.0 cm³/mol. The van der Waals surface area contributed by atoms with Gasteiger partial charge in [-0.2, -0.15) is 0 Å². The molecule has 1 fully saturated rings. The second-order valence-electron chi connectivity index (χ2n) is 5.60. The lowest BCUT2D eigenvalue weighted by Gasteiger charge is -2.41. The van der Waals surface area contributed by atoms with Crippen molar-refractivity contribution in [2.45, 2.75) is 19.4 Å². The quantitative estimate of drug-likeness (QED) is 0.849. The number of anilines is 1. The number of piperazine rings is 1. The highest BCUT2D eigenvalue weighted by molar-refractivity contribution is 5.56. The van der Waals surface area contributed by atoms with Crippen molar-refractivity contribution in [1.29, 1.82) is 0 Å². The van der Waals surface area contributed by atoms with E-state index in [1.54, 1.807) is 7.11 Å². The Labute approximate surface area is 116 Å². The van der Waals surface area contributed by atoms with Crippen molar-refractivity contribution >= 4 is 5.69 Å². The minimum Gasteiger partial charge on any atom is -0.495 e. The summed E-state index contributed by atoms with van der Waals surface area (Å²) in [4.78, 5) is 2.53. The molecule has 2 rings (SSSR count). The summed E-state index contributed by atoms with van der Waals surface area (Å²) in [6.45, 7) is 9.88. The van der Waals surface area contributed by atoms with E-state index in [2.05, 4.69) is 35.4 Å². The van der Waals surface area contributed by atoms with Gasteiger partial charge in [0.05, 0.1) is 12.8 Å². The molecule has 1 aromatic rings. The molecule has 4 heteroatoms. The fourth-order valence-electron chi connectivity index (χ4n) is 2.48. The van der Waals surface area contributed by atoms with Gasteiger partial charge in [-0.3, -0.25) is 4.90 Å². The van der Waals surface area contributed by atoms with Crippen molar-refractivity contribution in [2.24, 2.45) is 0 Å². The highest BCUT2D eigenvalue weighted by Gasteiger charge is 2.27. The van der Waals surface area contributed by atoms with Crippen LogP contribution < -0.4 is 15.4 Å². The van der Waals surface area contributed by atoms with Gasteiger partial charge in [0.25, 0.3) is 0 Å². The van der Waals surface area contributed by atoms with Crippen LogP contribution in [0, 0.1) is 0 Å². The Morgan fingerprint density at radius 1 is 1.26 bits per heavy atom. The number of rotatable bonds is 5. The number of methoxy groups -OCH3 is 1. The summed E-state index contributed by atoms with van der Waals surface area (Å²) in [5.74, 6) is 0.901. The van der Waals surface area contributed by atoms with Gasteiger partial charge < -0.3 is 15.4 Å². The Hall–Kier alpha value is -1.26. The molecule has 1 aromatic carbocycles. The molecule has 1 heterocycles. The van der Waals surface area contributed by atoms with Crippen LogP contribution in [0.1, 0.15) is 13.8 Å². The molecule has 0 aromatic heterocycles. The Kier molecular flexibility index (Phi) is 4.66. The van der Waals surface area contributed by atoms with Crippen molar-refractivity contribution in [1.82, 2.24) is 10.2 Å². The van der Waals surface area contributed by atoms with Crippen LogP contribution in [0.5, 0.6) is 5.75 Å². The zero-order valence-corrected chi connectivity index (χ0v) is 12.2. The van der Waals surface area contributed by atoms with Crippen molar-refractivity contribution in [3.05, 3.63) is 24.3 Å². The summed E-state index contributed by atoms with van der Waals surface area (Å²) in [6.07, 6.45) is 0. The predicted octanol–water partition coefficient (Wildman–Crippen LogP) is 1.79. The molecule has 0 bridgehead atoms. The minimum atomic E-state index is 0.142. The molecule has 0 radical (unpaired) electrons. The molecule has 0 spiro atoms. The molecular formula is C15H25N3O. The average Bonchev–Trinajstić information content (AvgIpc) is 2.46. The molecule has 0 atom stereocenters. The van der Waals surface area contributed by atoms with Crippen molar-refractivity contribution in [2.75, 3.05) is 45.2 Å². The number of hydrogen-bond acceptors (Lipinski definition) is 4. The summed E-state index contributed by atoms with van der Waals surface area (Å²) in [5.41, 5.74) is 1.20. The third kappa shape index (κ3) is 3.61. The molecule has 1 aliphatic rings. The first-order valence-corrected chi connectivity index (χ1v) is 6.96. The van der Waals surface area contributed by atoms with Gasteiger partial charge in [0, 0.05) is 38.3 Å². The van der Waals surface area contributed by atoms with Crippen LogP contribution in [0.4, 0.5) is 5.69 Å². The van der Waals surface area contributed by atoms with Crippen molar-refractivity contribution < 1.29 is 4.74 Å². The molecule has 0 aliphatic carbocycles. The van der Waals surface area contributed by atoms with E-state index in [1.165, 1.54) is 0 Å². The normalized spacial score (nSPS) is 17.2. The molecule has 4 nitrogen and oxygen atoms in total. The molecular weight excluding hydrogens is 238 g/mol. The third-order valence-electron chi connectivity index (χ3n) is 3.79. The maximum atomic E-state index is 5.37. The van der Waals surface area contributed by atoms with Gasteiger partial charge in [-0.05, 0) is 26.0 Å². The van der Waals surface area contributed by atoms with Crippen LogP contribution in [0.3, 0.4) is 0 Å². The first kappa shape index (κ1) is 14.2. The highest BCUT2D eigenvalue weighted by Crippen LogP contribution is 2.24. The number of benzene rings is 1. The van der Waals surface area contributed by atoms with E-state index >= 15 is 0 Å². The zero-order chi connectivity index (χ0) is 13.7. The Morgan fingerprint density at radius 2 is 1.95 bits per heavy atom. The fourth-order valence-corrected chi connectivity index (χ4v) is 2.48. The first-order valence-electron chi connectivity index (χ1n) is 6.96. The second-order valence-corrected chi connectivity index (χ2v) is 5.60. The largest absolute Gasteiger partial charge is 0.495 e. The number of ether oxygens (including phenoxy) is 1. The molecule has 0 amide bonds. The fraction of sp³-hybridized carbons (Fsp3) is 0.600. The van der Waals surface area contributed by atoms with Crippen LogP contribution in [0.25, 0.3) is 0 Å². The van der Waals surface area contributed by atoms with Gasteiger partial charge in [-0.15, -0.1) is 0 Å². The lowest BCUT2D eigenvalue weighted by Crippen LogP contribution is -2.56. The zero-order valence-electron chi connectivity index (χ0n) is 12.2. The summed E-state index contributed by atoms with van der Waals surface area (Å²) >= 11 is 0. The monoisotopic (exact) mass is 263 g/mol.